The van der Waals surface area contributed by atoms with E-state index in [2.05, 4.69) is 10.0 Å². The Bertz CT molecular complexity index is 939. The van der Waals surface area contributed by atoms with Gasteiger partial charge in [-0.3, -0.25) is 9.52 Å². The first-order valence-corrected chi connectivity index (χ1v) is 10.1. The molecule has 1 atom stereocenters. The topological polar surface area (TPSA) is 84.5 Å². The van der Waals surface area contributed by atoms with Gasteiger partial charge in [-0.2, -0.15) is 0 Å². The molecule has 0 aliphatic heterocycles. The number of hydrogen-bond donors (Lipinski definition) is 2. The standard InChI is InChI=1S/C20H26N2O4S/c1-13-7-6-8-18(16(13)4)22-27(24,25)19-11-17(10-9-14(19)2)20(23)21-15(3)12-26-5/h6-11,15,22H,12H2,1-5H3,(H,21,23)/t15-/m0/s1. The summed E-state index contributed by atoms with van der Waals surface area (Å²) in [5, 5.41) is 2.78. The van der Waals surface area contributed by atoms with Gasteiger partial charge < -0.3 is 10.1 Å². The molecule has 27 heavy (non-hydrogen) atoms. The lowest BCUT2D eigenvalue weighted by atomic mass is 10.1. The molecule has 7 heteroatoms. The summed E-state index contributed by atoms with van der Waals surface area (Å²) in [5.74, 6) is -0.345. The molecule has 6 nitrogen and oxygen atoms in total. The van der Waals surface area contributed by atoms with Gasteiger partial charge in [-0.25, -0.2) is 8.42 Å². The molecule has 0 bridgehead atoms. The lowest BCUT2D eigenvalue weighted by Gasteiger charge is -2.16. The van der Waals surface area contributed by atoms with Gasteiger partial charge in [0.1, 0.15) is 0 Å². The predicted molar refractivity (Wildman–Crippen MR) is 107 cm³/mol. The molecule has 0 saturated carbocycles. The SMILES string of the molecule is COC[C@H](C)NC(=O)c1ccc(C)c(S(=O)(=O)Nc2cccc(C)c2C)c1. The smallest absolute Gasteiger partial charge is 0.262 e. The van der Waals surface area contributed by atoms with Gasteiger partial charge in [0, 0.05) is 18.7 Å². The van der Waals surface area contributed by atoms with Gasteiger partial charge in [-0.1, -0.05) is 18.2 Å². The molecule has 0 radical (unpaired) electrons. The van der Waals surface area contributed by atoms with Gasteiger partial charge in [-0.05, 0) is 62.6 Å². The largest absolute Gasteiger partial charge is 0.383 e. The van der Waals surface area contributed by atoms with Crippen LogP contribution in [0.25, 0.3) is 0 Å². The Morgan fingerprint density at radius 1 is 1.11 bits per heavy atom. The zero-order valence-corrected chi connectivity index (χ0v) is 17.1. The van der Waals surface area contributed by atoms with Crippen molar-refractivity contribution >= 4 is 21.6 Å². The molecule has 2 aromatic carbocycles. The Kier molecular flexibility index (Phi) is 6.62. The molecule has 2 N–H and O–H groups in total. The van der Waals surface area contributed by atoms with Gasteiger partial charge in [0.15, 0.2) is 0 Å². The zero-order valence-electron chi connectivity index (χ0n) is 16.3. The maximum atomic E-state index is 12.9. The number of sulfonamides is 1. The van der Waals surface area contributed by atoms with Crippen LogP contribution in [-0.4, -0.2) is 34.1 Å². The number of nitrogens with one attached hydrogen (secondary N) is 2. The van der Waals surface area contributed by atoms with Gasteiger partial charge in [-0.15, -0.1) is 0 Å². The highest BCUT2D eigenvalue weighted by Crippen LogP contribution is 2.24. The summed E-state index contributed by atoms with van der Waals surface area (Å²) >= 11 is 0. The number of benzene rings is 2. The fourth-order valence-electron chi connectivity index (χ4n) is 2.69. The summed E-state index contributed by atoms with van der Waals surface area (Å²) in [7, 11) is -2.28. The number of anilines is 1. The van der Waals surface area contributed by atoms with Crippen molar-refractivity contribution in [3.63, 3.8) is 0 Å². The van der Waals surface area contributed by atoms with Crippen LogP contribution in [0.3, 0.4) is 0 Å². The van der Waals surface area contributed by atoms with Crippen molar-refractivity contribution in [3.05, 3.63) is 58.7 Å². The van der Waals surface area contributed by atoms with Gasteiger partial charge in [0.2, 0.25) is 0 Å². The van der Waals surface area contributed by atoms with Crippen molar-refractivity contribution in [1.82, 2.24) is 5.32 Å². The normalized spacial score (nSPS) is 12.5. The van der Waals surface area contributed by atoms with Gasteiger partial charge in [0.25, 0.3) is 15.9 Å². The molecular weight excluding hydrogens is 364 g/mol. The van der Waals surface area contributed by atoms with Crippen LogP contribution in [0.2, 0.25) is 0 Å². The summed E-state index contributed by atoms with van der Waals surface area (Å²) in [6.45, 7) is 7.67. The molecule has 0 aliphatic rings. The van der Waals surface area contributed by atoms with E-state index >= 15 is 0 Å². The lowest BCUT2D eigenvalue weighted by Crippen LogP contribution is -2.35. The first-order valence-electron chi connectivity index (χ1n) is 8.65. The number of carbonyl (C=O) groups is 1. The molecule has 0 heterocycles. The van der Waals surface area contributed by atoms with Crippen molar-refractivity contribution in [2.24, 2.45) is 0 Å². The molecule has 146 valence electrons. The number of carbonyl (C=O) groups excluding carboxylic acids is 1. The first-order chi connectivity index (χ1) is 12.7. The van der Waals surface area contributed by atoms with E-state index in [1.54, 1.807) is 38.3 Å². The number of rotatable bonds is 7. The Balaban J connectivity index is 2.34. The Morgan fingerprint density at radius 3 is 2.48 bits per heavy atom. The van der Waals surface area contributed by atoms with E-state index in [4.69, 9.17) is 4.74 Å². The second-order valence-corrected chi connectivity index (χ2v) is 8.31. The van der Waals surface area contributed by atoms with Crippen molar-refractivity contribution < 1.29 is 17.9 Å². The third kappa shape index (κ3) is 5.08. The van der Waals surface area contributed by atoms with E-state index in [0.29, 0.717) is 17.9 Å². The molecule has 0 saturated heterocycles. The van der Waals surface area contributed by atoms with Crippen molar-refractivity contribution in [2.45, 2.75) is 38.6 Å². The second kappa shape index (κ2) is 8.54. The molecule has 0 fully saturated rings. The third-order valence-electron chi connectivity index (χ3n) is 4.38. The van der Waals surface area contributed by atoms with Crippen molar-refractivity contribution in [1.29, 1.82) is 0 Å². The van der Waals surface area contributed by atoms with E-state index in [-0.39, 0.29) is 22.4 Å². The molecule has 2 aromatic rings. The average Bonchev–Trinajstić information content (AvgIpc) is 2.59. The summed E-state index contributed by atoms with van der Waals surface area (Å²) < 4.78 is 33.5. The Morgan fingerprint density at radius 2 is 1.81 bits per heavy atom. The van der Waals surface area contributed by atoms with Crippen LogP contribution in [0.1, 0.15) is 34.0 Å². The Labute approximate surface area is 161 Å². The summed E-state index contributed by atoms with van der Waals surface area (Å²) in [6, 6.07) is 9.90. The van der Waals surface area contributed by atoms with Crippen LogP contribution in [0.4, 0.5) is 5.69 Å². The molecule has 1 amide bonds. The maximum Gasteiger partial charge on any atom is 0.262 e. The van der Waals surface area contributed by atoms with Gasteiger partial charge >= 0.3 is 0 Å². The fraction of sp³-hybridized carbons (Fsp3) is 0.350. The summed E-state index contributed by atoms with van der Waals surface area (Å²) in [4.78, 5) is 12.5. The Hall–Kier alpha value is -2.38. The molecule has 0 aliphatic carbocycles. The highest BCUT2D eigenvalue weighted by molar-refractivity contribution is 7.92. The van der Waals surface area contributed by atoms with Crippen LogP contribution in [-0.2, 0) is 14.8 Å². The van der Waals surface area contributed by atoms with Crippen molar-refractivity contribution in [3.8, 4) is 0 Å². The number of aryl methyl sites for hydroxylation is 2. The molecule has 0 aromatic heterocycles. The minimum Gasteiger partial charge on any atom is -0.383 e. The predicted octanol–water partition coefficient (Wildman–Crippen LogP) is 3.18. The number of hydrogen-bond acceptors (Lipinski definition) is 4. The van der Waals surface area contributed by atoms with E-state index in [9.17, 15) is 13.2 Å². The third-order valence-corrected chi connectivity index (χ3v) is 5.89. The number of amides is 1. The minimum atomic E-state index is -3.83. The quantitative estimate of drug-likeness (QED) is 0.760. The second-order valence-electron chi connectivity index (χ2n) is 6.66. The van der Waals surface area contributed by atoms with Gasteiger partial charge in [0.05, 0.1) is 17.2 Å². The number of methoxy groups -OCH3 is 1. The monoisotopic (exact) mass is 390 g/mol. The molecule has 2 rings (SSSR count). The van der Waals surface area contributed by atoms with Crippen LogP contribution >= 0.6 is 0 Å². The van der Waals surface area contributed by atoms with Crippen molar-refractivity contribution in [2.75, 3.05) is 18.4 Å². The average molecular weight is 391 g/mol. The fourth-order valence-corrected chi connectivity index (χ4v) is 4.09. The van der Waals surface area contributed by atoms with E-state index in [0.717, 1.165) is 11.1 Å². The molecule has 0 unspecified atom stereocenters. The highest BCUT2D eigenvalue weighted by atomic mass is 32.2. The minimum absolute atomic E-state index is 0.0791. The van der Waals surface area contributed by atoms with Crippen LogP contribution < -0.4 is 10.0 Å². The lowest BCUT2D eigenvalue weighted by molar-refractivity contribution is 0.0905. The molecule has 0 spiro atoms. The number of ether oxygens (including phenoxy) is 1. The van der Waals surface area contributed by atoms with E-state index in [1.807, 2.05) is 26.8 Å². The molecular formula is C20H26N2O4S. The van der Waals surface area contributed by atoms with Crippen LogP contribution in [0.15, 0.2) is 41.3 Å². The van der Waals surface area contributed by atoms with E-state index in [1.165, 1.54) is 6.07 Å². The van der Waals surface area contributed by atoms with E-state index < -0.39 is 10.0 Å². The first kappa shape index (κ1) is 20.9. The summed E-state index contributed by atoms with van der Waals surface area (Å²) in [5.41, 5.74) is 3.23. The van der Waals surface area contributed by atoms with Crippen LogP contribution in [0, 0.1) is 20.8 Å². The zero-order chi connectivity index (χ0) is 20.2. The highest BCUT2D eigenvalue weighted by Gasteiger charge is 2.21. The summed E-state index contributed by atoms with van der Waals surface area (Å²) in [6.07, 6.45) is 0. The maximum absolute atomic E-state index is 12.9. The van der Waals surface area contributed by atoms with Crippen LogP contribution in [0.5, 0.6) is 0 Å².